The summed E-state index contributed by atoms with van der Waals surface area (Å²) in [5.74, 6) is 0.703. The van der Waals surface area contributed by atoms with Gasteiger partial charge in [-0.1, -0.05) is 0 Å². The summed E-state index contributed by atoms with van der Waals surface area (Å²) in [5.41, 5.74) is 1.84. The molecule has 1 unspecified atom stereocenters. The third kappa shape index (κ3) is 4.34. The van der Waals surface area contributed by atoms with E-state index >= 15 is 4.39 Å². The van der Waals surface area contributed by atoms with Gasteiger partial charge in [-0.3, -0.25) is 5.10 Å². The van der Waals surface area contributed by atoms with Crippen molar-refractivity contribution in [3.63, 3.8) is 0 Å². The molecule has 0 amide bonds. The van der Waals surface area contributed by atoms with Crippen molar-refractivity contribution in [1.29, 1.82) is 0 Å². The molecule has 4 heterocycles. The van der Waals surface area contributed by atoms with Crippen molar-refractivity contribution in [2.45, 2.75) is 38.1 Å². The van der Waals surface area contributed by atoms with E-state index in [4.69, 9.17) is 4.74 Å². The van der Waals surface area contributed by atoms with Crippen LogP contribution in [0.15, 0.2) is 24.3 Å². The van der Waals surface area contributed by atoms with Crippen LogP contribution in [0, 0.1) is 18.6 Å². The van der Waals surface area contributed by atoms with Crippen LogP contribution < -0.4 is 15.0 Å². The Labute approximate surface area is 206 Å². The van der Waals surface area contributed by atoms with E-state index in [0.29, 0.717) is 35.1 Å². The van der Waals surface area contributed by atoms with E-state index in [-0.39, 0.29) is 22.7 Å². The fourth-order valence-corrected chi connectivity index (χ4v) is 4.70. The summed E-state index contributed by atoms with van der Waals surface area (Å²) in [6.07, 6.45) is 3.31. The molecular formula is C25H28F2N8O. The van der Waals surface area contributed by atoms with Gasteiger partial charge >= 0.3 is 6.01 Å². The smallest absolute Gasteiger partial charge is 0.326 e. The van der Waals surface area contributed by atoms with E-state index < -0.39 is 11.6 Å². The maximum absolute atomic E-state index is 15.2. The van der Waals surface area contributed by atoms with Gasteiger partial charge < -0.3 is 24.8 Å². The van der Waals surface area contributed by atoms with Gasteiger partial charge in [0.25, 0.3) is 0 Å². The monoisotopic (exact) mass is 494 g/mol. The van der Waals surface area contributed by atoms with Crippen molar-refractivity contribution >= 4 is 28.4 Å². The van der Waals surface area contributed by atoms with Gasteiger partial charge in [0.1, 0.15) is 11.6 Å². The second-order valence-electron chi connectivity index (χ2n) is 9.87. The minimum atomic E-state index is -0.672. The fourth-order valence-electron chi connectivity index (χ4n) is 4.70. The predicted molar refractivity (Wildman–Crippen MR) is 133 cm³/mol. The Morgan fingerprint density at radius 2 is 1.92 bits per heavy atom. The average Bonchev–Trinajstić information content (AvgIpc) is 3.21. The van der Waals surface area contributed by atoms with Gasteiger partial charge in [-0.25, -0.2) is 8.78 Å². The molecule has 2 aliphatic rings. The van der Waals surface area contributed by atoms with Crippen LogP contribution in [0.1, 0.15) is 36.6 Å². The van der Waals surface area contributed by atoms with Crippen molar-refractivity contribution in [3.8, 4) is 11.8 Å². The van der Waals surface area contributed by atoms with E-state index in [1.54, 1.807) is 13.0 Å². The lowest BCUT2D eigenvalue weighted by Crippen LogP contribution is -2.31. The Morgan fingerprint density at radius 3 is 2.67 bits per heavy atom. The van der Waals surface area contributed by atoms with Crippen molar-refractivity contribution in [3.05, 3.63) is 47.3 Å². The highest BCUT2D eigenvalue weighted by atomic mass is 19.1. The molecule has 1 saturated carbocycles. The number of likely N-dealkylation sites (N-methyl/N-ethyl adjacent to an activating group) is 1. The summed E-state index contributed by atoms with van der Waals surface area (Å²) in [7, 11) is 4.11. The van der Waals surface area contributed by atoms with Gasteiger partial charge in [0, 0.05) is 60.0 Å². The molecule has 0 spiro atoms. The minimum absolute atomic E-state index is 0.0776. The number of hydrogen-bond donors (Lipinski definition) is 3. The van der Waals surface area contributed by atoms with Crippen LogP contribution in [0.4, 0.5) is 26.2 Å². The summed E-state index contributed by atoms with van der Waals surface area (Å²) < 4.78 is 35.6. The molecule has 36 heavy (non-hydrogen) atoms. The summed E-state index contributed by atoms with van der Waals surface area (Å²) in [6.45, 7) is 3.34. The Balaban J connectivity index is 1.34. The molecular weight excluding hydrogens is 466 g/mol. The van der Waals surface area contributed by atoms with E-state index in [2.05, 4.69) is 54.4 Å². The second-order valence-corrected chi connectivity index (χ2v) is 9.87. The maximum Gasteiger partial charge on any atom is 0.326 e. The molecule has 4 aromatic rings. The lowest BCUT2D eigenvalue weighted by atomic mass is 10.2. The van der Waals surface area contributed by atoms with Crippen molar-refractivity contribution in [2.24, 2.45) is 0 Å². The van der Waals surface area contributed by atoms with Gasteiger partial charge in [0.15, 0.2) is 23.2 Å². The molecule has 11 heteroatoms. The number of benzene rings is 1. The second kappa shape index (κ2) is 8.74. The summed E-state index contributed by atoms with van der Waals surface area (Å²) in [6, 6.07) is 6.67. The molecule has 2 fully saturated rings. The number of rotatable bonds is 7. The predicted octanol–water partition coefficient (Wildman–Crippen LogP) is 4.82. The molecule has 3 aromatic heterocycles. The minimum Gasteiger partial charge on any atom is -0.421 e. The van der Waals surface area contributed by atoms with E-state index in [1.807, 2.05) is 12.1 Å². The first-order valence-corrected chi connectivity index (χ1v) is 12.1. The lowest BCUT2D eigenvalue weighted by Gasteiger charge is -2.21. The highest BCUT2D eigenvalue weighted by Crippen LogP contribution is 2.40. The van der Waals surface area contributed by atoms with Gasteiger partial charge in [-0.2, -0.15) is 15.1 Å². The Bertz CT molecular complexity index is 1430. The van der Waals surface area contributed by atoms with E-state index in [9.17, 15) is 4.39 Å². The number of aromatic amines is 2. The number of aromatic nitrogens is 5. The topological polar surface area (TPSA) is 98.0 Å². The Morgan fingerprint density at radius 1 is 1.08 bits per heavy atom. The molecule has 0 radical (unpaired) electrons. The normalized spacial score (nSPS) is 17.9. The highest BCUT2D eigenvalue weighted by Gasteiger charge is 2.27. The number of anilines is 3. The van der Waals surface area contributed by atoms with Gasteiger partial charge in [0.05, 0.1) is 5.52 Å². The van der Waals surface area contributed by atoms with Gasteiger partial charge in [0.2, 0.25) is 0 Å². The van der Waals surface area contributed by atoms with Crippen LogP contribution in [0.2, 0.25) is 0 Å². The first-order chi connectivity index (χ1) is 17.3. The molecule has 188 valence electrons. The molecule has 1 aliphatic heterocycles. The quantitative estimate of drug-likeness (QED) is 0.339. The maximum atomic E-state index is 15.2. The van der Waals surface area contributed by atoms with Crippen LogP contribution in [-0.4, -0.2) is 63.3 Å². The third-order valence-electron chi connectivity index (χ3n) is 6.88. The van der Waals surface area contributed by atoms with E-state index in [1.165, 1.54) is 0 Å². The van der Waals surface area contributed by atoms with Gasteiger partial charge in [-0.15, -0.1) is 0 Å². The van der Waals surface area contributed by atoms with E-state index in [0.717, 1.165) is 44.1 Å². The highest BCUT2D eigenvalue weighted by molar-refractivity contribution is 5.83. The van der Waals surface area contributed by atoms with Crippen LogP contribution >= 0.6 is 0 Å². The van der Waals surface area contributed by atoms with Crippen LogP contribution in [-0.2, 0) is 0 Å². The molecule has 1 saturated heterocycles. The number of ether oxygens (including phenoxy) is 1. The lowest BCUT2D eigenvalue weighted by molar-refractivity contribution is 0.315. The number of nitrogens with one attached hydrogen (secondary N) is 3. The summed E-state index contributed by atoms with van der Waals surface area (Å²) >= 11 is 0. The molecule has 6 rings (SSSR count). The number of fused-ring (bicyclic) bond motifs is 1. The standard InChI is InChI=1S/C25H28F2N8O/c1-13-8-16-23(27)19(9-17(26)24(16)28-13)36-25-30-20(29-21-10-18(32-33-21)14-4-5-14)11-22(31-25)35-7-6-15(12-35)34(2)3/h8-11,14-15,28H,4-7,12H2,1-3H3,(H2,29,30,31,32,33). The molecule has 1 aromatic carbocycles. The van der Waals surface area contributed by atoms with Crippen LogP contribution in [0.5, 0.6) is 11.8 Å². The zero-order valence-electron chi connectivity index (χ0n) is 20.4. The van der Waals surface area contributed by atoms with Crippen molar-refractivity contribution in [2.75, 3.05) is 37.4 Å². The largest absolute Gasteiger partial charge is 0.421 e. The molecule has 1 aliphatic carbocycles. The zero-order chi connectivity index (χ0) is 25.0. The molecule has 0 bridgehead atoms. The van der Waals surface area contributed by atoms with Crippen LogP contribution in [0.25, 0.3) is 10.9 Å². The first-order valence-electron chi connectivity index (χ1n) is 12.1. The molecule has 3 N–H and O–H groups in total. The number of nitrogens with zero attached hydrogens (tertiary/aromatic N) is 5. The SMILES string of the molecule is Cc1cc2c(F)c(Oc3nc(Nc4cc(C5CC5)[nH]n4)cc(N4CCC(N(C)C)C4)n3)cc(F)c2[nH]1. The summed E-state index contributed by atoms with van der Waals surface area (Å²) in [4.78, 5) is 16.2. The zero-order valence-corrected chi connectivity index (χ0v) is 20.4. The Hall–Kier alpha value is -3.73. The number of hydrogen-bond acceptors (Lipinski definition) is 7. The fraction of sp³-hybridized carbons (Fsp3) is 0.400. The number of H-pyrrole nitrogens is 2. The number of halogens is 2. The van der Waals surface area contributed by atoms with Crippen molar-refractivity contribution in [1.82, 2.24) is 30.0 Å². The molecule has 1 atom stereocenters. The Kier molecular flexibility index (Phi) is 5.51. The average molecular weight is 495 g/mol. The summed E-state index contributed by atoms with van der Waals surface area (Å²) in [5, 5.41) is 10.7. The number of aryl methyl sites for hydroxylation is 1. The van der Waals surface area contributed by atoms with Crippen molar-refractivity contribution < 1.29 is 13.5 Å². The van der Waals surface area contributed by atoms with Gasteiger partial charge in [-0.05, 0) is 46.3 Å². The third-order valence-corrected chi connectivity index (χ3v) is 6.88. The van der Waals surface area contributed by atoms with Crippen LogP contribution in [0.3, 0.4) is 0 Å². The first kappa shape index (κ1) is 22.7. The molecule has 9 nitrogen and oxygen atoms in total.